The van der Waals surface area contributed by atoms with Gasteiger partial charge < -0.3 is 24.8 Å². The van der Waals surface area contributed by atoms with Gasteiger partial charge in [-0.05, 0) is 77.0 Å². The third-order valence-electron chi connectivity index (χ3n) is 5.80. The lowest BCUT2D eigenvalue weighted by Gasteiger charge is -2.18. The molecule has 40 heavy (non-hydrogen) atoms. The van der Waals surface area contributed by atoms with Gasteiger partial charge in [0.15, 0.2) is 5.78 Å². The minimum Gasteiger partial charge on any atom is -0.497 e. The Kier molecular flexibility index (Phi) is 12.2. The third kappa shape index (κ3) is 9.12. The zero-order valence-electron chi connectivity index (χ0n) is 22.9. The summed E-state index contributed by atoms with van der Waals surface area (Å²) in [6.07, 6.45) is -1.06. The molecule has 1 heterocycles. The number of nitrogens with one attached hydrogen (secondary N) is 1. The predicted octanol–water partition coefficient (Wildman–Crippen LogP) is 3.32. The first-order chi connectivity index (χ1) is 18.6. The molecular formula is C26H33ClN6O6S. The number of carboxylic acids is 1. The van der Waals surface area contributed by atoms with E-state index in [1.807, 2.05) is 57.1 Å². The van der Waals surface area contributed by atoms with Gasteiger partial charge in [-0.15, -0.1) is 17.5 Å². The minimum absolute atomic E-state index is 0. The highest BCUT2D eigenvalue weighted by molar-refractivity contribution is 7.99. The number of Topliss-reactive ketones (excluding diaryl/α,β-unsaturated/α-hetero) is 1. The molecule has 0 spiro atoms. The number of rotatable bonds is 13. The van der Waals surface area contributed by atoms with E-state index in [1.165, 1.54) is 16.4 Å². The molecule has 3 aromatic rings. The summed E-state index contributed by atoms with van der Waals surface area (Å²) < 4.78 is 11.6. The van der Waals surface area contributed by atoms with Crippen molar-refractivity contribution in [2.24, 2.45) is 0 Å². The highest BCUT2D eigenvalue weighted by Gasteiger charge is 2.26. The number of ketones is 1. The van der Waals surface area contributed by atoms with E-state index in [-0.39, 0.29) is 25.6 Å². The smallest absolute Gasteiger partial charge is 0.407 e. The van der Waals surface area contributed by atoms with Gasteiger partial charge in [0.2, 0.25) is 5.16 Å². The van der Waals surface area contributed by atoms with Crippen LogP contribution in [0.2, 0.25) is 0 Å². The van der Waals surface area contributed by atoms with Crippen LogP contribution in [0.3, 0.4) is 0 Å². The Hall–Kier alpha value is -3.84. The van der Waals surface area contributed by atoms with Crippen molar-refractivity contribution in [1.29, 1.82) is 0 Å². The fourth-order valence-corrected chi connectivity index (χ4v) is 4.63. The van der Waals surface area contributed by atoms with Gasteiger partial charge in [-0.25, -0.2) is 9.48 Å². The summed E-state index contributed by atoms with van der Waals surface area (Å²) in [5.41, 5.74) is 4.02. The molecule has 0 fully saturated rings. The number of alkyl carbamates (subject to hydrolysis) is 1. The Morgan fingerprint density at radius 2 is 1.77 bits per heavy atom. The largest absolute Gasteiger partial charge is 0.497 e. The second kappa shape index (κ2) is 15.1. The fourth-order valence-electron chi connectivity index (χ4n) is 3.72. The van der Waals surface area contributed by atoms with Crippen LogP contribution in [-0.4, -0.2) is 77.0 Å². The van der Waals surface area contributed by atoms with E-state index < -0.39 is 30.3 Å². The SMILES string of the molecule is COc1ccc(CCOC(=O)NC(CC(=O)O)C(=O)Cn2nnnc2Sc2c(C)cc(N(C)C)cc2C)cc1.Cl. The number of aromatic nitrogens is 4. The molecule has 3 rings (SSSR count). The number of methoxy groups -OCH3 is 1. The number of benzene rings is 2. The Labute approximate surface area is 242 Å². The van der Waals surface area contributed by atoms with Crippen LogP contribution in [0.5, 0.6) is 5.75 Å². The van der Waals surface area contributed by atoms with Gasteiger partial charge in [0.1, 0.15) is 18.3 Å². The molecule has 2 aromatic carbocycles. The van der Waals surface area contributed by atoms with E-state index in [9.17, 15) is 19.5 Å². The standard InChI is InChI=1S/C26H32N6O6S.ClH/c1-16-12-19(31(3)4)13-17(2)24(16)39-25-28-29-30-32(25)15-22(33)21(14-23(34)35)27-26(36)38-11-10-18-6-8-20(37-5)9-7-18;/h6-9,12-13,21H,10-11,14-15H2,1-5H3,(H,27,36)(H,34,35);1H. The maximum absolute atomic E-state index is 13.0. The summed E-state index contributed by atoms with van der Waals surface area (Å²) in [7, 11) is 5.50. The summed E-state index contributed by atoms with van der Waals surface area (Å²) in [5.74, 6) is -1.11. The molecule has 0 radical (unpaired) electrons. The number of carbonyl (C=O) groups excluding carboxylic acids is 2. The van der Waals surface area contributed by atoms with Crippen LogP contribution in [0.4, 0.5) is 10.5 Å². The van der Waals surface area contributed by atoms with Crippen molar-refractivity contribution in [2.45, 2.75) is 49.3 Å². The highest BCUT2D eigenvalue weighted by atomic mass is 35.5. The number of halogens is 1. The van der Waals surface area contributed by atoms with Crippen LogP contribution in [-0.2, 0) is 27.3 Å². The maximum atomic E-state index is 13.0. The van der Waals surface area contributed by atoms with E-state index in [1.54, 1.807) is 19.2 Å². The summed E-state index contributed by atoms with van der Waals surface area (Å²) in [6.45, 7) is 3.68. The van der Waals surface area contributed by atoms with Gasteiger partial charge in [-0.2, -0.15) is 0 Å². The van der Waals surface area contributed by atoms with E-state index in [4.69, 9.17) is 9.47 Å². The zero-order chi connectivity index (χ0) is 28.5. The Morgan fingerprint density at radius 3 is 2.35 bits per heavy atom. The molecule has 0 bridgehead atoms. The van der Waals surface area contributed by atoms with Gasteiger partial charge in [-0.3, -0.25) is 9.59 Å². The number of carbonyl (C=O) groups is 3. The van der Waals surface area contributed by atoms with Crippen LogP contribution in [0, 0.1) is 13.8 Å². The molecule has 2 N–H and O–H groups in total. The topological polar surface area (TPSA) is 149 Å². The molecule has 1 atom stereocenters. The number of carboxylic acid groups (broad SMARTS) is 1. The van der Waals surface area contributed by atoms with E-state index in [0.717, 1.165) is 27.3 Å². The Balaban J connectivity index is 0.00000560. The fraction of sp³-hybridized carbons (Fsp3) is 0.385. The van der Waals surface area contributed by atoms with Gasteiger partial charge in [0, 0.05) is 31.1 Å². The van der Waals surface area contributed by atoms with Gasteiger partial charge >= 0.3 is 12.1 Å². The number of aryl methyl sites for hydroxylation is 2. The van der Waals surface area contributed by atoms with Crippen LogP contribution in [0.25, 0.3) is 0 Å². The molecule has 0 saturated carbocycles. The molecule has 1 amide bonds. The number of hydrogen-bond donors (Lipinski definition) is 2. The van der Waals surface area contributed by atoms with Gasteiger partial charge in [-0.1, -0.05) is 12.1 Å². The number of hydrogen-bond acceptors (Lipinski definition) is 10. The first kappa shape index (κ1) is 32.4. The van der Waals surface area contributed by atoms with Crippen molar-refractivity contribution < 1.29 is 29.0 Å². The molecule has 0 aliphatic rings. The Bertz CT molecular complexity index is 1290. The van der Waals surface area contributed by atoms with Crippen molar-refractivity contribution >= 4 is 47.7 Å². The number of ether oxygens (including phenoxy) is 2. The van der Waals surface area contributed by atoms with Crippen molar-refractivity contribution in [2.75, 3.05) is 32.7 Å². The summed E-state index contributed by atoms with van der Waals surface area (Å²) in [6, 6.07) is 10.1. The number of tetrazole rings is 1. The highest BCUT2D eigenvalue weighted by Crippen LogP contribution is 2.34. The van der Waals surface area contributed by atoms with Crippen LogP contribution in [0.15, 0.2) is 46.5 Å². The quantitative estimate of drug-likeness (QED) is 0.301. The summed E-state index contributed by atoms with van der Waals surface area (Å²) in [5, 5.41) is 23.6. The molecule has 0 aliphatic carbocycles. The summed E-state index contributed by atoms with van der Waals surface area (Å²) in [4.78, 5) is 39.7. The van der Waals surface area contributed by atoms with E-state index in [0.29, 0.717) is 17.3 Å². The molecule has 1 unspecified atom stereocenters. The first-order valence-electron chi connectivity index (χ1n) is 12.1. The molecule has 0 aliphatic heterocycles. The van der Waals surface area contributed by atoms with Crippen molar-refractivity contribution in [3.8, 4) is 5.75 Å². The lowest BCUT2D eigenvalue weighted by molar-refractivity contribution is -0.139. The lowest BCUT2D eigenvalue weighted by atomic mass is 10.1. The second-order valence-corrected chi connectivity index (χ2v) is 10.00. The van der Waals surface area contributed by atoms with Crippen LogP contribution in [0.1, 0.15) is 23.1 Å². The van der Waals surface area contributed by atoms with Gasteiger partial charge in [0.05, 0.1) is 20.1 Å². The molecule has 12 nitrogen and oxygen atoms in total. The van der Waals surface area contributed by atoms with Crippen molar-refractivity contribution in [3.05, 3.63) is 53.1 Å². The van der Waals surface area contributed by atoms with Crippen molar-refractivity contribution in [3.63, 3.8) is 0 Å². The normalized spacial score (nSPS) is 11.2. The molecule has 0 saturated heterocycles. The number of amides is 1. The van der Waals surface area contributed by atoms with Crippen molar-refractivity contribution in [1.82, 2.24) is 25.5 Å². The predicted molar refractivity (Wildman–Crippen MR) is 152 cm³/mol. The van der Waals surface area contributed by atoms with E-state index >= 15 is 0 Å². The van der Waals surface area contributed by atoms with Crippen LogP contribution >= 0.6 is 24.2 Å². The minimum atomic E-state index is -1.32. The second-order valence-electron chi connectivity index (χ2n) is 9.02. The molecule has 216 valence electrons. The molecule has 1 aromatic heterocycles. The third-order valence-corrected chi connectivity index (χ3v) is 7.12. The maximum Gasteiger partial charge on any atom is 0.407 e. The average Bonchev–Trinajstić information content (AvgIpc) is 3.32. The van der Waals surface area contributed by atoms with Gasteiger partial charge in [0.25, 0.3) is 0 Å². The average molecular weight is 593 g/mol. The summed E-state index contributed by atoms with van der Waals surface area (Å²) >= 11 is 1.31. The van der Waals surface area contributed by atoms with Crippen LogP contribution < -0.4 is 15.0 Å². The number of nitrogens with zero attached hydrogens (tertiary/aromatic N) is 5. The monoisotopic (exact) mass is 592 g/mol. The molecule has 14 heteroatoms. The number of anilines is 1. The zero-order valence-corrected chi connectivity index (χ0v) is 24.5. The lowest BCUT2D eigenvalue weighted by Crippen LogP contribution is -2.44. The Morgan fingerprint density at radius 1 is 1.12 bits per heavy atom. The molecular weight excluding hydrogens is 560 g/mol. The first-order valence-corrected chi connectivity index (χ1v) is 12.9. The van der Waals surface area contributed by atoms with E-state index in [2.05, 4.69) is 20.8 Å². The number of aliphatic carboxylic acids is 1.